The summed E-state index contributed by atoms with van der Waals surface area (Å²) in [6.45, 7) is 6.33. The Morgan fingerprint density at radius 1 is 1.27 bits per heavy atom. The monoisotopic (exact) mass is 407 g/mol. The molecule has 3 aliphatic heterocycles. The van der Waals surface area contributed by atoms with Gasteiger partial charge in [-0.3, -0.25) is 4.90 Å². The maximum Gasteiger partial charge on any atom is 0.332 e. The first-order valence-electron chi connectivity index (χ1n) is 10.5. The lowest BCUT2D eigenvalue weighted by molar-refractivity contribution is -0.150. The van der Waals surface area contributed by atoms with Gasteiger partial charge in [-0.25, -0.2) is 4.79 Å². The van der Waals surface area contributed by atoms with Crippen LogP contribution in [-0.4, -0.2) is 54.9 Å². The largest absolute Gasteiger partial charge is 0.497 e. The molecule has 5 nitrogen and oxygen atoms in total. The minimum atomic E-state index is -0.709. The van der Waals surface area contributed by atoms with Crippen molar-refractivity contribution in [2.24, 2.45) is 0 Å². The van der Waals surface area contributed by atoms with Crippen molar-refractivity contribution in [3.63, 3.8) is 0 Å². The van der Waals surface area contributed by atoms with E-state index in [9.17, 15) is 4.79 Å². The van der Waals surface area contributed by atoms with Crippen LogP contribution in [0.3, 0.4) is 0 Å². The number of carbonyl (C=O) groups excluding carboxylic acids is 1. The number of hydrogen-bond donors (Lipinski definition) is 0. The molecule has 3 heterocycles. The predicted octanol–water partition coefficient (Wildman–Crippen LogP) is 3.49. The van der Waals surface area contributed by atoms with Gasteiger partial charge in [0.05, 0.1) is 19.3 Å². The zero-order chi connectivity index (χ0) is 21.5. The third kappa shape index (κ3) is 3.45. The van der Waals surface area contributed by atoms with Crippen molar-refractivity contribution in [3.8, 4) is 17.6 Å². The van der Waals surface area contributed by atoms with Crippen LogP contribution in [0.5, 0.6) is 5.75 Å². The zero-order valence-electron chi connectivity index (χ0n) is 18.3. The molecule has 0 aromatic heterocycles. The highest BCUT2D eigenvalue weighted by Gasteiger charge is 2.55. The molecule has 1 fully saturated rings. The molecule has 0 amide bonds. The Morgan fingerprint density at radius 3 is 2.80 bits per heavy atom. The highest BCUT2D eigenvalue weighted by atomic mass is 16.6. The van der Waals surface area contributed by atoms with E-state index in [2.05, 4.69) is 36.7 Å². The normalized spacial score (nSPS) is 31.4. The summed E-state index contributed by atoms with van der Waals surface area (Å²) in [5.41, 5.74) is 1.90. The van der Waals surface area contributed by atoms with E-state index in [1.807, 2.05) is 31.2 Å². The van der Waals surface area contributed by atoms with Crippen LogP contribution in [0.4, 0.5) is 0 Å². The summed E-state index contributed by atoms with van der Waals surface area (Å²) in [7, 11) is 3.40. The number of benzene rings is 1. The molecule has 0 radical (unpaired) electrons. The van der Waals surface area contributed by atoms with Crippen LogP contribution in [-0.2, 0) is 14.3 Å². The van der Waals surface area contributed by atoms with E-state index >= 15 is 0 Å². The molecular formula is C25H29NO4. The van der Waals surface area contributed by atoms with Gasteiger partial charge in [0.2, 0.25) is 0 Å². The van der Waals surface area contributed by atoms with Gasteiger partial charge in [-0.05, 0) is 51.8 Å². The maximum atomic E-state index is 12.3. The molecule has 4 rings (SSSR count). The van der Waals surface area contributed by atoms with Crippen molar-refractivity contribution in [2.75, 3.05) is 14.2 Å². The van der Waals surface area contributed by atoms with Gasteiger partial charge in [0.15, 0.2) is 5.60 Å². The number of esters is 1. The Labute approximate surface area is 178 Å². The van der Waals surface area contributed by atoms with E-state index in [0.717, 1.165) is 35.3 Å². The lowest BCUT2D eigenvalue weighted by Crippen LogP contribution is -2.54. The number of nitrogens with zero attached hydrogens (tertiary/aromatic N) is 1. The number of rotatable bonds is 3. The zero-order valence-corrected chi connectivity index (χ0v) is 18.3. The molecule has 0 N–H and O–H groups in total. The molecule has 3 aliphatic rings. The van der Waals surface area contributed by atoms with Gasteiger partial charge in [-0.15, -0.1) is 0 Å². The molecule has 0 spiro atoms. The standard InChI is InChI=1S/C25H29NO4/c1-16-13-19(10-9-18-7-6-8-20(14-18)29-5)21-15-24(27)30-25(21,3)23-12-11-22(26(16)23)17(2)28-4/h6-8,13-17,22-23H,11-12H2,1-5H3/t16-,17?,22?,23+,25-/m0/s1. The first-order valence-corrected chi connectivity index (χ1v) is 10.5. The average Bonchev–Trinajstić information content (AvgIpc) is 3.30. The van der Waals surface area contributed by atoms with Crippen LogP contribution in [0.15, 0.2) is 47.6 Å². The summed E-state index contributed by atoms with van der Waals surface area (Å²) >= 11 is 0. The number of fused-ring (bicyclic) bond motifs is 3. The van der Waals surface area contributed by atoms with E-state index in [-0.39, 0.29) is 30.2 Å². The molecule has 1 aromatic rings. The van der Waals surface area contributed by atoms with Crippen molar-refractivity contribution in [1.29, 1.82) is 0 Å². The number of hydrogen-bond acceptors (Lipinski definition) is 5. The maximum absolute atomic E-state index is 12.3. The summed E-state index contributed by atoms with van der Waals surface area (Å²) < 4.78 is 16.9. The molecule has 0 bridgehead atoms. The summed E-state index contributed by atoms with van der Waals surface area (Å²) in [5, 5.41) is 0. The van der Waals surface area contributed by atoms with E-state index in [0.29, 0.717) is 0 Å². The number of ether oxygens (including phenoxy) is 3. The molecule has 1 saturated heterocycles. The minimum Gasteiger partial charge on any atom is -0.497 e. The van der Waals surface area contributed by atoms with E-state index in [4.69, 9.17) is 14.2 Å². The Bertz CT molecular complexity index is 969. The number of methoxy groups -OCH3 is 2. The van der Waals surface area contributed by atoms with Crippen LogP contribution in [0.2, 0.25) is 0 Å². The molecule has 158 valence electrons. The summed E-state index contributed by atoms with van der Waals surface area (Å²) in [6, 6.07) is 8.20. The molecule has 0 aliphatic carbocycles. The number of carbonyl (C=O) groups is 1. The van der Waals surface area contributed by atoms with Gasteiger partial charge in [-0.1, -0.05) is 24.0 Å². The second-order valence-corrected chi connectivity index (χ2v) is 8.44. The van der Waals surface area contributed by atoms with Crippen molar-refractivity contribution in [2.45, 2.75) is 63.4 Å². The van der Waals surface area contributed by atoms with Crippen LogP contribution in [0.1, 0.15) is 39.2 Å². The van der Waals surface area contributed by atoms with E-state index in [1.54, 1.807) is 20.3 Å². The predicted molar refractivity (Wildman–Crippen MR) is 115 cm³/mol. The second kappa shape index (κ2) is 7.94. The lowest BCUT2D eigenvalue weighted by Gasteiger charge is -2.41. The Hall–Kier alpha value is -2.55. The van der Waals surface area contributed by atoms with Gasteiger partial charge >= 0.3 is 5.97 Å². The van der Waals surface area contributed by atoms with Gasteiger partial charge in [0, 0.05) is 42.0 Å². The molecule has 30 heavy (non-hydrogen) atoms. The molecular weight excluding hydrogens is 378 g/mol. The molecule has 5 atom stereocenters. The smallest absolute Gasteiger partial charge is 0.332 e. The third-order valence-electron chi connectivity index (χ3n) is 6.72. The Balaban J connectivity index is 1.77. The summed E-state index contributed by atoms with van der Waals surface area (Å²) in [6.07, 6.45) is 5.86. The van der Waals surface area contributed by atoms with Gasteiger partial charge in [0.25, 0.3) is 0 Å². The Kier molecular flexibility index (Phi) is 5.48. The van der Waals surface area contributed by atoms with Gasteiger partial charge in [0.1, 0.15) is 5.75 Å². The fraction of sp³-hybridized carbons (Fsp3) is 0.480. The molecule has 0 saturated carbocycles. The lowest BCUT2D eigenvalue weighted by atomic mass is 9.84. The third-order valence-corrected chi connectivity index (χ3v) is 6.72. The highest BCUT2D eigenvalue weighted by Crippen LogP contribution is 2.47. The average molecular weight is 408 g/mol. The van der Waals surface area contributed by atoms with E-state index in [1.165, 1.54) is 0 Å². The molecule has 5 heteroatoms. The summed E-state index contributed by atoms with van der Waals surface area (Å²) in [4.78, 5) is 14.8. The van der Waals surface area contributed by atoms with Crippen LogP contribution in [0, 0.1) is 11.8 Å². The SMILES string of the molecule is COc1cccc(C#CC2=C[C@H](C)N3C(C(C)OC)CC[C@@H]3[C@@]3(C)OC(=O)C=C23)c1. The fourth-order valence-corrected chi connectivity index (χ4v) is 5.15. The van der Waals surface area contributed by atoms with Gasteiger partial charge < -0.3 is 14.2 Å². The first kappa shape index (κ1) is 20.7. The molecule has 1 aromatic carbocycles. The van der Waals surface area contributed by atoms with Crippen LogP contribution in [0.25, 0.3) is 0 Å². The minimum absolute atomic E-state index is 0.0974. The quantitative estimate of drug-likeness (QED) is 0.567. The highest BCUT2D eigenvalue weighted by molar-refractivity contribution is 5.89. The van der Waals surface area contributed by atoms with Crippen LogP contribution < -0.4 is 4.74 Å². The topological polar surface area (TPSA) is 48.0 Å². The second-order valence-electron chi connectivity index (χ2n) is 8.44. The van der Waals surface area contributed by atoms with Crippen molar-refractivity contribution in [1.82, 2.24) is 4.90 Å². The van der Waals surface area contributed by atoms with Crippen molar-refractivity contribution < 1.29 is 19.0 Å². The van der Waals surface area contributed by atoms with Crippen molar-refractivity contribution >= 4 is 5.97 Å². The van der Waals surface area contributed by atoms with E-state index < -0.39 is 5.60 Å². The first-order chi connectivity index (χ1) is 14.4. The van der Waals surface area contributed by atoms with Crippen molar-refractivity contribution in [3.05, 3.63) is 53.1 Å². The van der Waals surface area contributed by atoms with Gasteiger partial charge in [-0.2, -0.15) is 0 Å². The van der Waals surface area contributed by atoms with Crippen LogP contribution >= 0.6 is 0 Å². The Morgan fingerprint density at radius 2 is 2.07 bits per heavy atom. The fourth-order valence-electron chi connectivity index (χ4n) is 5.15. The molecule has 2 unspecified atom stereocenters. The summed E-state index contributed by atoms with van der Waals surface area (Å²) in [5.74, 6) is 7.04.